The van der Waals surface area contributed by atoms with Gasteiger partial charge < -0.3 is 9.66 Å². The number of nitrogens with zero attached hydrogens (tertiary/aromatic N) is 2. The third-order valence-electron chi connectivity index (χ3n) is 3.43. The maximum absolute atomic E-state index is 11.4. The number of aromatic nitrogens is 2. The van der Waals surface area contributed by atoms with Gasteiger partial charge in [0.1, 0.15) is 22.5 Å². The van der Waals surface area contributed by atoms with Crippen molar-refractivity contribution in [3.05, 3.63) is 66.8 Å². The van der Waals surface area contributed by atoms with Crippen molar-refractivity contribution in [2.45, 2.75) is 6.54 Å². The molecule has 1 aromatic heterocycles. The molecule has 10 heteroatoms. The van der Waals surface area contributed by atoms with E-state index in [-0.39, 0.29) is 17.7 Å². The Morgan fingerprint density at radius 3 is 2.41 bits per heavy atom. The van der Waals surface area contributed by atoms with E-state index in [2.05, 4.69) is 6.58 Å². The lowest BCUT2D eigenvalue weighted by Gasteiger charge is -2.18. The highest BCUT2D eigenvalue weighted by atomic mass is 32.2. The Morgan fingerprint density at radius 1 is 1.26 bits per heavy atom. The van der Waals surface area contributed by atoms with E-state index in [9.17, 15) is 27.4 Å². The van der Waals surface area contributed by atoms with E-state index in [1.54, 1.807) is 34.1 Å². The van der Waals surface area contributed by atoms with Crippen molar-refractivity contribution in [3.63, 3.8) is 0 Å². The number of benzene rings is 1. The first kappa shape index (κ1) is 19.9. The molecule has 1 aliphatic carbocycles. The standard InChI is InChI=1S/C10H6O5S.C7H8N2O2/c11-8-5-9(16(13,14)15)6-3-1-2-4-7(6)10(8)12;1-2-8-3-4-9(6-8)5-7(10)11/h1-5H,(H,13,14,15);2-4,6H,1,5H2. The van der Waals surface area contributed by atoms with Crippen LogP contribution < -0.4 is 4.57 Å². The minimum absolute atomic E-state index is 0.0119. The van der Waals surface area contributed by atoms with Crippen molar-refractivity contribution < 1.29 is 37.0 Å². The average molecular weight is 390 g/mol. The molecule has 0 aliphatic heterocycles. The van der Waals surface area contributed by atoms with Crippen molar-refractivity contribution in [1.29, 1.82) is 0 Å². The van der Waals surface area contributed by atoms with E-state index in [4.69, 9.17) is 5.11 Å². The molecule has 140 valence electrons. The number of aliphatic carboxylic acids is 1. The second kappa shape index (κ2) is 7.89. The summed E-state index contributed by atoms with van der Waals surface area (Å²) in [4.78, 5) is 32.1. The van der Waals surface area contributed by atoms with Gasteiger partial charge in [-0.15, -0.1) is 0 Å². The van der Waals surface area contributed by atoms with E-state index in [0.717, 1.165) is 0 Å². The molecule has 0 amide bonds. The zero-order valence-electron chi connectivity index (χ0n) is 13.8. The smallest absolute Gasteiger partial charge is 0.346 e. The summed E-state index contributed by atoms with van der Waals surface area (Å²) in [5.41, 5.74) is -0.0634. The monoisotopic (exact) mass is 390 g/mol. The molecule has 0 unspecified atom stereocenters. The lowest BCUT2D eigenvalue weighted by Crippen LogP contribution is -2.21. The van der Waals surface area contributed by atoms with Crippen molar-refractivity contribution in [2.75, 3.05) is 0 Å². The average Bonchev–Trinajstić information content (AvgIpc) is 3.04. The van der Waals surface area contributed by atoms with Gasteiger partial charge in [-0.2, -0.15) is 0 Å². The van der Waals surface area contributed by atoms with Gasteiger partial charge in [0.15, 0.2) is 6.54 Å². The van der Waals surface area contributed by atoms with Gasteiger partial charge in [-0.25, -0.2) is 22.3 Å². The summed E-state index contributed by atoms with van der Waals surface area (Å²) in [6.45, 7) is 3.51. The maximum atomic E-state index is 11.4. The molecule has 1 aromatic carbocycles. The van der Waals surface area contributed by atoms with Crippen molar-refractivity contribution in [3.8, 4) is 0 Å². The summed E-state index contributed by atoms with van der Waals surface area (Å²) in [5.74, 6) is -2.65. The highest BCUT2D eigenvalue weighted by molar-refractivity contribution is 7.95. The molecule has 1 aliphatic rings. The number of allylic oxidation sites excluding steroid dienone is 1. The Balaban J connectivity index is 0.000000208. The Morgan fingerprint density at radius 2 is 1.89 bits per heavy atom. The van der Waals surface area contributed by atoms with E-state index in [1.165, 1.54) is 24.3 Å². The van der Waals surface area contributed by atoms with Gasteiger partial charge in [0, 0.05) is 17.2 Å². The number of ketones is 2. The van der Waals surface area contributed by atoms with Gasteiger partial charge in [-0.3, -0.25) is 9.59 Å². The Labute approximate surface area is 154 Å². The van der Waals surface area contributed by atoms with Crippen LogP contribution in [0.4, 0.5) is 0 Å². The third kappa shape index (κ3) is 4.84. The SMILES string of the molecule is C=C[n+]1ccn(CC(=O)O)c1.O=C1C=C(S(=O)(=O)[O-])c2ccccc2C1=O. The summed E-state index contributed by atoms with van der Waals surface area (Å²) in [5, 5.41) is 8.39. The van der Waals surface area contributed by atoms with Gasteiger partial charge in [0.25, 0.3) is 0 Å². The fourth-order valence-electron chi connectivity index (χ4n) is 2.27. The van der Waals surface area contributed by atoms with E-state index in [0.29, 0.717) is 6.08 Å². The van der Waals surface area contributed by atoms with Crippen molar-refractivity contribution >= 4 is 38.8 Å². The normalized spacial score (nSPS) is 13.1. The number of carbonyl (C=O) groups is 3. The molecule has 0 fully saturated rings. The number of fused-ring (bicyclic) bond motifs is 1. The van der Waals surface area contributed by atoms with Gasteiger partial charge >= 0.3 is 5.97 Å². The van der Waals surface area contributed by atoms with Crippen LogP contribution in [0.2, 0.25) is 0 Å². The van der Waals surface area contributed by atoms with Crippen LogP contribution in [-0.4, -0.2) is 40.2 Å². The molecule has 0 saturated carbocycles. The minimum atomic E-state index is -4.76. The number of carboxylic acids is 1. The topological polar surface area (TPSA) is 137 Å². The Kier molecular flexibility index (Phi) is 5.83. The highest BCUT2D eigenvalue weighted by Crippen LogP contribution is 2.28. The molecule has 2 aromatic rings. The van der Waals surface area contributed by atoms with Crippen LogP contribution in [0.15, 0.2) is 55.6 Å². The molecule has 9 nitrogen and oxygen atoms in total. The fourth-order valence-corrected chi connectivity index (χ4v) is 2.97. The summed E-state index contributed by atoms with van der Waals surface area (Å²) in [7, 11) is -4.76. The molecule has 27 heavy (non-hydrogen) atoms. The summed E-state index contributed by atoms with van der Waals surface area (Å²) in [6, 6.07) is 5.61. The van der Waals surface area contributed by atoms with Crippen LogP contribution in [0.25, 0.3) is 11.1 Å². The lowest BCUT2D eigenvalue weighted by molar-refractivity contribution is -0.567. The molecule has 0 saturated heterocycles. The van der Waals surface area contributed by atoms with Crippen molar-refractivity contribution in [1.82, 2.24) is 4.57 Å². The quantitative estimate of drug-likeness (QED) is 0.450. The van der Waals surface area contributed by atoms with Crippen LogP contribution >= 0.6 is 0 Å². The lowest BCUT2D eigenvalue weighted by atomic mass is 9.95. The molecule has 0 atom stereocenters. The second-order valence-corrected chi connectivity index (χ2v) is 6.66. The minimum Gasteiger partial charge on any atom is -0.744 e. The number of Topliss-reactive ketones (excluding diaryl/α,β-unsaturated/α-hetero) is 1. The molecule has 3 rings (SSSR count). The van der Waals surface area contributed by atoms with Gasteiger partial charge in [-0.1, -0.05) is 30.8 Å². The van der Waals surface area contributed by atoms with Crippen LogP contribution in [-0.2, 0) is 26.3 Å². The van der Waals surface area contributed by atoms with Crippen LogP contribution in [0.3, 0.4) is 0 Å². The number of carbonyl (C=O) groups excluding carboxylic acids is 2. The first-order valence-electron chi connectivity index (χ1n) is 7.40. The molecule has 1 heterocycles. The number of rotatable bonds is 4. The predicted molar refractivity (Wildman–Crippen MR) is 92.1 cm³/mol. The van der Waals surface area contributed by atoms with Crippen molar-refractivity contribution in [2.24, 2.45) is 0 Å². The first-order chi connectivity index (χ1) is 12.6. The van der Waals surface area contributed by atoms with Gasteiger partial charge in [0.2, 0.25) is 17.9 Å². The maximum Gasteiger partial charge on any atom is 0.346 e. The zero-order chi connectivity index (χ0) is 20.2. The molecule has 0 spiro atoms. The number of carboxylic acid groups (broad SMARTS) is 1. The largest absolute Gasteiger partial charge is 0.744 e. The Hall–Kier alpha value is -3.37. The highest BCUT2D eigenvalue weighted by Gasteiger charge is 2.27. The molecular formula is C17H14N2O7S. The zero-order valence-corrected chi connectivity index (χ0v) is 14.6. The summed E-state index contributed by atoms with van der Waals surface area (Å²) < 4.78 is 36.0. The summed E-state index contributed by atoms with van der Waals surface area (Å²) >= 11 is 0. The molecular weight excluding hydrogens is 376 g/mol. The van der Waals surface area contributed by atoms with Gasteiger partial charge in [-0.05, 0) is 0 Å². The molecule has 0 bridgehead atoms. The second-order valence-electron chi connectivity index (χ2n) is 5.31. The number of hydrogen-bond donors (Lipinski definition) is 1. The fraction of sp³-hybridized carbons (Fsp3) is 0.0588. The van der Waals surface area contributed by atoms with Crippen LogP contribution in [0, 0.1) is 0 Å². The van der Waals surface area contributed by atoms with Crippen LogP contribution in [0.1, 0.15) is 15.9 Å². The molecule has 1 N–H and O–H groups in total. The molecule has 0 radical (unpaired) electrons. The summed E-state index contributed by atoms with van der Waals surface area (Å²) in [6.07, 6.45) is 7.23. The van der Waals surface area contributed by atoms with E-state index < -0.39 is 32.6 Å². The Bertz CT molecular complexity index is 1060. The first-order valence-corrected chi connectivity index (χ1v) is 8.81. The van der Waals surface area contributed by atoms with Crippen LogP contribution in [0.5, 0.6) is 0 Å². The number of hydrogen-bond acceptors (Lipinski definition) is 6. The number of imidazole rings is 1. The van der Waals surface area contributed by atoms with Gasteiger partial charge in [0.05, 0.1) is 11.1 Å². The van der Waals surface area contributed by atoms with E-state index in [1.807, 2.05) is 0 Å². The van der Waals surface area contributed by atoms with E-state index >= 15 is 0 Å². The third-order valence-corrected chi connectivity index (χ3v) is 4.31. The predicted octanol–water partition coefficient (Wildman–Crippen LogP) is 0.299.